The predicted octanol–water partition coefficient (Wildman–Crippen LogP) is 2.09. The fourth-order valence-electron chi connectivity index (χ4n) is 1.55. The number of rotatable bonds is 4. The highest BCUT2D eigenvalue weighted by Crippen LogP contribution is 2.13. The van der Waals surface area contributed by atoms with Crippen LogP contribution in [-0.2, 0) is 11.2 Å². The Bertz CT molecular complexity index is 448. The molecule has 2 N–H and O–H groups in total. The molecule has 2 rings (SSSR count). The van der Waals surface area contributed by atoms with Crippen LogP contribution in [0.1, 0.15) is 17.2 Å². The van der Waals surface area contributed by atoms with Crippen LogP contribution in [0.4, 0.5) is 0 Å². The normalized spacial score (nSPS) is 12.3. The minimum Gasteiger partial charge on any atom is -0.472 e. The highest BCUT2D eigenvalue weighted by Gasteiger charge is 2.15. The third kappa shape index (κ3) is 2.38. The van der Waals surface area contributed by atoms with Crippen molar-refractivity contribution in [3.05, 3.63) is 60.1 Å². The average molecular weight is 215 g/mol. The Hall–Kier alpha value is -1.87. The molecule has 0 aliphatic heterocycles. The lowest BCUT2D eigenvalue weighted by Crippen LogP contribution is -2.22. The standard InChI is InChI=1S/C13H13NO2/c14-13(11-4-2-1-3-5-11)12(15)8-10-6-7-16-9-10/h1-7,9,13H,8,14H2/t13-/m1/s1. The monoisotopic (exact) mass is 215 g/mol. The van der Waals surface area contributed by atoms with Gasteiger partial charge >= 0.3 is 0 Å². The first-order valence-electron chi connectivity index (χ1n) is 5.11. The van der Waals surface area contributed by atoms with Gasteiger partial charge in [0.15, 0.2) is 5.78 Å². The van der Waals surface area contributed by atoms with Crippen molar-refractivity contribution in [1.82, 2.24) is 0 Å². The Morgan fingerprint density at radius 1 is 1.25 bits per heavy atom. The van der Waals surface area contributed by atoms with E-state index in [4.69, 9.17) is 10.2 Å². The van der Waals surface area contributed by atoms with E-state index in [1.165, 1.54) is 0 Å². The fourth-order valence-corrected chi connectivity index (χ4v) is 1.55. The summed E-state index contributed by atoms with van der Waals surface area (Å²) in [6.07, 6.45) is 3.43. The van der Waals surface area contributed by atoms with Crippen LogP contribution in [0, 0.1) is 0 Å². The van der Waals surface area contributed by atoms with E-state index in [0.717, 1.165) is 11.1 Å². The summed E-state index contributed by atoms with van der Waals surface area (Å²) in [5, 5.41) is 0. The molecule has 2 aromatic rings. The Balaban J connectivity index is 2.05. The van der Waals surface area contributed by atoms with E-state index in [1.54, 1.807) is 18.6 Å². The van der Waals surface area contributed by atoms with Crippen LogP contribution in [0.5, 0.6) is 0 Å². The van der Waals surface area contributed by atoms with Gasteiger partial charge < -0.3 is 10.2 Å². The zero-order valence-corrected chi connectivity index (χ0v) is 8.80. The van der Waals surface area contributed by atoms with Gasteiger partial charge in [-0.25, -0.2) is 0 Å². The first-order chi connectivity index (χ1) is 7.77. The summed E-state index contributed by atoms with van der Waals surface area (Å²) in [4.78, 5) is 11.8. The number of ketones is 1. The fraction of sp³-hybridized carbons (Fsp3) is 0.154. The van der Waals surface area contributed by atoms with E-state index in [0.29, 0.717) is 6.42 Å². The van der Waals surface area contributed by atoms with Crippen molar-refractivity contribution in [2.45, 2.75) is 12.5 Å². The molecule has 1 atom stereocenters. The highest BCUT2D eigenvalue weighted by molar-refractivity contribution is 5.86. The van der Waals surface area contributed by atoms with Crippen molar-refractivity contribution < 1.29 is 9.21 Å². The van der Waals surface area contributed by atoms with Gasteiger partial charge in [0, 0.05) is 6.42 Å². The maximum absolute atomic E-state index is 11.8. The van der Waals surface area contributed by atoms with Crippen molar-refractivity contribution in [1.29, 1.82) is 0 Å². The van der Waals surface area contributed by atoms with Gasteiger partial charge in [0.05, 0.1) is 18.6 Å². The third-order valence-electron chi connectivity index (χ3n) is 2.46. The number of furan rings is 1. The van der Waals surface area contributed by atoms with Crippen LogP contribution in [0.25, 0.3) is 0 Å². The van der Waals surface area contributed by atoms with Gasteiger partial charge in [-0.3, -0.25) is 4.79 Å². The smallest absolute Gasteiger partial charge is 0.158 e. The highest BCUT2D eigenvalue weighted by atomic mass is 16.3. The lowest BCUT2D eigenvalue weighted by molar-refractivity contribution is -0.119. The molecule has 0 saturated heterocycles. The van der Waals surface area contributed by atoms with Crippen molar-refractivity contribution in [3.8, 4) is 0 Å². The molecular weight excluding hydrogens is 202 g/mol. The van der Waals surface area contributed by atoms with Crippen molar-refractivity contribution in [3.63, 3.8) is 0 Å². The molecule has 0 saturated carbocycles. The first kappa shape index (κ1) is 10.6. The quantitative estimate of drug-likeness (QED) is 0.849. The zero-order valence-electron chi connectivity index (χ0n) is 8.80. The Morgan fingerprint density at radius 2 is 2.00 bits per heavy atom. The maximum atomic E-state index is 11.8. The summed E-state index contributed by atoms with van der Waals surface area (Å²) >= 11 is 0. The summed E-state index contributed by atoms with van der Waals surface area (Å²) in [5.74, 6) is -0.00685. The van der Waals surface area contributed by atoms with E-state index < -0.39 is 6.04 Å². The van der Waals surface area contributed by atoms with Crippen LogP contribution < -0.4 is 5.73 Å². The van der Waals surface area contributed by atoms with Crippen molar-refractivity contribution in [2.24, 2.45) is 5.73 Å². The van der Waals surface area contributed by atoms with Gasteiger partial charge in [0.1, 0.15) is 0 Å². The number of hydrogen-bond donors (Lipinski definition) is 1. The van der Waals surface area contributed by atoms with E-state index in [-0.39, 0.29) is 5.78 Å². The number of hydrogen-bond acceptors (Lipinski definition) is 3. The van der Waals surface area contributed by atoms with Crippen LogP contribution in [0.3, 0.4) is 0 Å². The Labute approximate surface area is 93.9 Å². The number of nitrogens with two attached hydrogens (primary N) is 1. The van der Waals surface area contributed by atoms with E-state index in [9.17, 15) is 4.79 Å². The van der Waals surface area contributed by atoms with Gasteiger partial charge in [0.25, 0.3) is 0 Å². The number of benzene rings is 1. The summed E-state index contributed by atoms with van der Waals surface area (Å²) in [6, 6.07) is 10.6. The van der Waals surface area contributed by atoms with Crippen LogP contribution in [-0.4, -0.2) is 5.78 Å². The lowest BCUT2D eigenvalue weighted by atomic mass is 10.00. The molecule has 0 fully saturated rings. The summed E-state index contributed by atoms with van der Waals surface area (Å²) in [6.45, 7) is 0. The minimum atomic E-state index is -0.559. The molecule has 0 radical (unpaired) electrons. The molecule has 0 spiro atoms. The Morgan fingerprint density at radius 3 is 2.62 bits per heavy atom. The molecule has 1 aromatic carbocycles. The minimum absolute atomic E-state index is 0.00685. The molecule has 0 aliphatic carbocycles. The zero-order chi connectivity index (χ0) is 11.4. The van der Waals surface area contributed by atoms with Gasteiger partial charge in [-0.2, -0.15) is 0 Å². The van der Waals surface area contributed by atoms with Gasteiger partial charge in [-0.1, -0.05) is 30.3 Å². The van der Waals surface area contributed by atoms with Crippen LogP contribution >= 0.6 is 0 Å². The van der Waals surface area contributed by atoms with Crippen LogP contribution in [0.2, 0.25) is 0 Å². The second kappa shape index (κ2) is 4.77. The molecule has 3 heteroatoms. The molecule has 0 bridgehead atoms. The topological polar surface area (TPSA) is 56.2 Å². The molecule has 16 heavy (non-hydrogen) atoms. The Kier molecular flexibility index (Phi) is 3.17. The molecule has 3 nitrogen and oxygen atoms in total. The summed E-state index contributed by atoms with van der Waals surface area (Å²) in [5.41, 5.74) is 7.58. The largest absolute Gasteiger partial charge is 0.472 e. The molecule has 0 aliphatic rings. The van der Waals surface area contributed by atoms with Crippen LogP contribution in [0.15, 0.2) is 53.3 Å². The average Bonchev–Trinajstić information content (AvgIpc) is 2.82. The molecule has 1 aromatic heterocycles. The molecule has 1 heterocycles. The SMILES string of the molecule is N[C@@H](C(=O)Cc1ccoc1)c1ccccc1. The van der Waals surface area contributed by atoms with E-state index in [1.807, 2.05) is 30.3 Å². The number of carbonyl (C=O) groups is 1. The maximum Gasteiger partial charge on any atom is 0.158 e. The molecule has 0 unspecified atom stereocenters. The van der Waals surface area contributed by atoms with E-state index in [2.05, 4.69) is 0 Å². The number of carbonyl (C=O) groups excluding carboxylic acids is 1. The van der Waals surface area contributed by atoms with Gasteiger partial charge in [-0.05, 0) is 17.2 Å². The summed E-state index contributed by atoms with van der Waals surface area (Å²) in [7, 11) is 0. The molecular formula is C13H13NO2. The number of Topliss-reactive ketones (excluding diaryl/α,β-unsaturated/α-hetero) is 1. The third-order valence-corrected chi connectivity index (χ3v) is 2.46. The van der Waals surface area contributed by atoms with Gasteiger partial charge in [-0.15, -0.1) is 0 Å². The summed E-state index contributed by atoms with van der Waals surface area (Å²) < 4.78 is 4.91. The second-order valence-electron chi connectivity index (χ2n) is 3.66. The van der Waals surface area contributed by atoms with Crippen molar-refractivity contribution in [2.75, 3.05) is 0 Å². The van der Waals surface area contributed by atoms with E-state index >= 15 is 0 Å². The molecule has 0 amide bonds. The lowest BCUT2D eigenvalue weighted by Gasteiger charge is -2.09. The molecule has 82 valence electrons. The van der Waals surface area contributed by atoms with Gasteiger partial charge in [0.2, 0.25) is 0 Å². The van der Waals surface area contributed by atoms with Crippen molar-refractivity contribution >= 4 is 5.78 Å². The second-order valence-corrected chi connectivity index (χ2v) is 3.66. The predicted molar refractivity (Wildman–Crippen MR) is 60.8 cm³/mol. The first-order valence-corrected chi connectivity index (χ1v) is 5.11.